The molecule has 3 rings (SSSR count). The molecule has 0 radical (unpaired) electrons. The number of rotatable bonds is 3. The molecule has 6 nitrogen and oxygen atoms in total. The largest absolute Gasteiger partial charge is 0.327 e. The van der Waals surface area contributed by atoms with Gasteiger partial charge in [0, 0.05) is 7.05 Å². The molecule has 1 aromatic carbocycles. The molecule has 0 atom stereocenters. The van der Waals surface area contributed by atoms with E-state index in [0.717, 1.165) is 24.2 Å². The van der Waals surface area contributed by atoms with Gasteiger partial charge in [0.05, 0.1) is 15.7 Å². The summed E-state index contributed by atoms with van der Waals surface area (Å²) in [5.41, 5.74) is -0.520. The monoisotopic (exact) mass is 383 g/mol. The van der Waals surface area contributed by atoms with Crippen LogP contribution in [0.2, 0.25) is 10.0 Å². The van der Waals surface area contributed by atoms with Gasteiger partial charge in [-0.1, -0.05) is 48.5 Å². The van der Waals surface area contributed by atoms with Crippen molar-refractivity contribution in [2.75, 3.05) is 18.9 Å². The second-order valence-electron chi connectivity index (χ2n) is 6.47. The van der Waals surface area contributed by atoms with Crippen LogP contribution in [0.3, 0.4) is 0 Å². The molecule has 2 aliphatic rings. The van der Waals surface area contributed by atoms with Crippen molar-refractivity contribution in [2.24, 2.45) is 0 Å². The van der Waals surface area contributed by atoms with Gasteiger partial charge in [-0.2, -0.15) is 0 Å². The number of hydrogen-bond acceptors (Lipinski definition) is 3. The first kappa shape index (κ1) is 18.0. The Balaban J connectivity index is 1.75. The number of amides is 4. The van der Waals surface area contributed by atoms with E-state index in [1.165, 1.54) is 4.90 Å². The van der Waals surface area contributed by atoms with Gasteiger partial charge in [0.25, 0.3) is 5.91 Å². The molecule has 1 N–H and O–H groups in total. The molecule has 1 aromatic rings. The molecule has 4 amide bonds. The zero-order valence-corrected chi connectivity index (χ0v) is 15.4. The Morgan fingerprint density at radius 3 is 2.36 bits per heavy atom. The SMILES string of the molecule is CN1C(=O)N(CC(=O)Nc2c(Cl)cccc2Cl)C(=O)C12CCCCC2. The number of anilines is 1. The van der Waals surface area contributed by atoms with E-state index in [1.807, 2.05) is 0 Å². The smallest absolute Gasteiger partial charge is 0.322 e. The third-order valence-corrected chi connectivity index (χ3v) is 5.64. The zero-order chi connectivity index (χ0) is 18.2. The first-order valence-corrected chi connectivity index (χ1v) is 8.96. The van der Waals surface area contributed by atoms with Crippen LogP contribution in [-0.4, -0.2) is 46.8 Å². The third kappa shape index (κ3) is 3.09. The minimum absolute atomic E-state index is 0.274. The molecule has 1 saturated carbocycles. The summed E-state index contributed by atoms with van der Waals surface area (Å²) >= 11 is 12.1. The topological polar surface area (TPSA) is 69.7 Å². The van der Waals surface area contributed by atoms with Crippen molar-refractivity contribution >= 4 is 46.7 Å². The van der Waals surface area contributed by atoms with E-state index in [2.05, 4.69) is 5.32 Å². The lowest BCUT2D eigenvalue weighted by Crippen LogP contribution is -2.49. The lowest BCUT2D eigenvalue weighted by atomic mass is 9.81. The number of para-hydroxylation sites is 1. The normalized spacial score (nSPS) is 19.6. The van der Waals surface area contributed by atoms with Gasteiger partial charge in [-0.25, -0.2) is 4.79 Å². The maximum atomic E-state index is 12.9. The highest BCUT2D eigenvalue weighted by molar-refractivity contribution is 6.39. The summed E-state index contributed by atoms with van der Waals surface area (Å²) in [6.45, 7) is -0.356. The number of benzene rings is 1. The molecular weight excluding hydrogens is 365 g/mol. The number of nitrogens with zero attached hydrogens (tertiary/aromatic N) is 2. The van der Waals surface area contributed by atoms with E-state index >= 15 is 0 Å². The van der Waals surface area contributed by atoms with E-state index in [1.54, 1.807) is 25.2 Å². The van der Waals surface area contributed by atoms with Crippen LogP contribution in [0.25, 0.3) is 0 Å². The zero-order valence-electron chi connectivity index (χ0n) is 13.8. The van der Waals surface area contributed by atoms with E-state index in [0.29, 0.717) is 22.9 Å². The number of imide groups is 1. The van der Waals surface area contributed by atoms with Gasteiger partial charge in [0.2, 0.25) is 5.91 Å². The maximum Gasteiger partial charge on any atom is 0.327 e. The van der Waals surface area contributed by atoms with Crippen LogP contribution < -0.4 is 5.32 Å². The molecule has 8 heteroatoms. The van der Waals surface area contributed by atoms with Crippen LogP contribution in [0.5, 0.6) is 0 Å². The predicted molar refractivity (Wildman–Crippen MR) is 95.8 cm³/mol. The molecule has 1 aliphatic carbocycles. The van der Waals surface area contributed by atoms with E-state index in [4.69, 9.17) is 23.2 Å². The second kappa shape index (κ2) is 6.84. The van der Waals surface area contributed by atoms with Crippen LogP contribution in [0.15, 0.2) is 18.2 Å². The Morgan fingerprint density at radius 1 is 1.16 bits per heavy atom. The lowest BCUT2D eigenvalue weighted by Gasteiger charge is -2.35. The number of hydrogen-bond donors (Lipinski definition) is 1. The fourth-order valence-corrected chi connectivity index (χ4v) is 4.10. The van der Waals surface area contributed by atoms with Gasteiger partial charge in [0.1, 0.15) is 12.1 Å². The molecule has 0 bridgehead atoms. The van der Waals surface area contributed by atoms with Crippen molar-refractivity contribution in [3.8, 4) is 0 Å². The summed E-state index contributed by atoms with van der Waals surface area (Å²) in [6.07, 6.45) is 4.14. The molecular formula is C17H19Cl2N3O3. The highest BCUT2D eigenvalue weighted by Gasteiger charge is 2.55. The van der Waals surface area contributed by atoms with Gasteiger partial charge in [0.15, 0.2) is 0 Å². The quantitative estimate of drug-likeness (QED) is 0.811. The fraction of sp³-hybridized carbons (Fsp3) is 0.471. The molecule has 1 aliphatic heterocycles. The highest BCUT2D eigenvalue weighted by atomic mass is 35.5. The van der Waals surface area contributed by atoms with Gasteiger partial charge in [-0.05, 0) is 25.0 Å². The Hall–Kier alpha value is -1.79. The standard InChI is InChI=1S/C17H19Cl2N3O3/c1-21-16(25)22(15(24)17(21)8-3-2-4-9-17)10-13(23)20-14-11(18)6-5-7-12(14)19/h5-7H,2-4,8-10H2,1H3,(H,20,23). The Labute approximate surface area is 156 Å². The van der Waals surface area contributed by atoms with Crippen LogP contribution in [-0.2, 0) is 9.59 Å². The van der Waals surface area contributed by atoms with Crippen molar-refractivity contribution in [1.29, 1.82) is 0 Å². The van der Waals surface area contributed by atoms with Crippen molar-refractivity contribution in [3.05, 3.63) is 28.2 Å². The minimum Gasteiger partial charge on any atom is -0.322 e. The van der Waals surface area contributed by atoms with E-state index in [9.17, 15) is 14.4 Å². The first-order chi connectivity index (χ1) is 11.9. The minimum atomic E-state index is -0.794. The maximum absolute atomic E-state index is 12.9. The van der Waals surface area contributed by atoms with Crippen molar-refractivity contribution in [3.63, 3.8) is 0 Å². The van der Waals surface area contributed by atoms with Crippen LogP contribution in [0, 0.1) is 0 Å². The lowest BCUT2D eigenvalue weighted by molar-refractivity contribution is -0.136. The summed E-state index contributed by atoms with van der Waals surface area (Å²) in [6, 6.07) is 4.42. The summed E-state index contributed by atoms with van der Waals surface area (Å²) < 4.78 is 0. The van der Waals surface area contributed by atoms with Gasteiger partial charge < -0.3 is 10.2 Å². The average molecular weight is 384 g/mol. The van der Waals surface area contributed by atoms with Gasteiger partial charge in [-0.3, -0.25) is 14.5 Å². The number of halogens is 2. The summed E-state index contributed by atoms with van der Waals surface area (Å²) in [5.74, 6) is -0.807. The Bertz CT molecular complexity index is 712. The number of likely N-dealkylation sites (N-methyl/N-ethyl adjacent to an activating group) is 1. The summed E-state index contributed by atoms with van der Waals surface area (Å²) in [5, 5.41) is 3.17. The van der Waals surface area contributed by atoms with Crippen LogP contribution in [0.4, 0.5) is 10.5 Å². The Kier molecular flexibility index (Phi) is 4.93. The third-order valence-electron chi connectivity index (χ3n) is 5.01. The van der Waals surface area contributed by atoms with Crippen LogP contribution >= 0.6 is 23.2 Å². The molecule has 0 unspecified atom stereocenters. The molecule has 0 aromatic heterocycles. The molecule has 1 saturated heterocycles. The number of nitrogens with one attached hydrogen (secondary N) is 1. The predicted octanol–water partition coefficient (Wildman–Crippen LogP) is 3.53. The molecule has 134 valence electrons. The summed E-state index contributed by atoms with van der Waals surface area (Å²) in [7, 11) is 1.63. The van der Waals surface area contributed by atoms with Crippen LogP contribution in [0.1, 0.15) is 32.1 Å². The first-order valence-electron chi connectivity index (χ1n) is 8.20. The Morgan fingerprint density at radius 2 is 1.76 bits per heavy atom. The average Bonchev–Trinajstić information content (AvgIpc) is 2.75. The van der Waals surface area contributed by atoms with E-state index in [-0.39, 0.29) is 18.1 Å². The highest BCUT2D eigenvalue weighted by Crippen LogP contribution is 2.39. The number of carbonyl (C=O) groups excluding carboxylic acids is 3. The number of carbonyl (C=O) groups is 3. The fourth-order valence-electron chi connectivity index (χ4n) is 3.61. The molecule has 1 spiro atoms. The van der Waals surface area contributed by atoms with Gasteiger partial charge >= 0.3 is 6.03 Å². The molecule has 2 fully saturated rings. The van der Waals surface area contributed by atoms with Gasteiger partial charge in [-0.15, -0.1) is 0 Å². The van der Waals surface area contributed by atoms with Crippen molar-refractivity contribution < 1.29 is 14.4 Å². The van der Waals surface area contributed by atoms with E-state index < -0.39 is 17.5 Å². The van der Waals surface area contributed by atoms with Crippen molar-refractivity contribution in [2.45, 2.75) is 37.6 Å². The molecule has 1 heterocycles. The summed E-state index contributed by atoms with van der Waals surface area (Å²) in [4.78, 5) is 40.2. The molecule has 25 heavy (non-hydrogen) atoms. The number of urea groups is 1. The van der Waals surface area contributed by atoms with Crippen molar-refractivity contribution in [1.82, 2.24) is 9.80 Å². The second-order valence-corrected chi connectivity index (χ2v) is 7.28.